The minimum absolute atomic E-state index is 0.0799. The molecule has 2 rings (SSSR count). The van der Waals surface area contributed by atoms with Crippen molar-refractivity contribution in [1.29, 1.82) is 0 Å². The summed E-state index contributed by atoms with van der Waals surface area (Å²) in [6.07, 6.45) is 4.48. The van der Waals surface area contributed by atoms with Gasteiger partial charge >= 0.3 is 0 Å². The summed E-state index contributed by atoms with van der Waals surface area (Å²) in [5.41, 5.74) is 6.74. The Labute approximate surface area is 113 Å². The lowest BCUT2D eigenvalue weighted by Gasteiger charge is -2.26. The molecule has 1 saturated carbocycles. The van der Waals surface area contributed by atoms with Crippen LogP contribution in [-0.2, 0) is 0 Å². The second-order valence-electron chi connectivity index (χ2n) is 5.20. The van der Waals surface area contributed by atoms with Crippen molar-refractivity contribution in [2.24, 2.45) is 5.92 Å². The van der Waals surface area contributed by atoms with Gasteiger partial charge in [-0.05, 0) is 49.8 Å². The van der Waals surface area contributed by atoms with E-state index in [1.807, 2.05) is 0 Å². The molecule has 18 heavy (non-hydrogen) atoms. The van der Waals surface area contributed by atoms with E-state index in [-0.39, 0.29) is 11.9 Å². The van der Waals surface area contributed by atoms with Crippen molar-refractivity contribution in [1.82, 2.24) is 5.32 Å². The highest BCUT2D eigenvalue weighted by Gasteiger charge is 2.20. The number of nitrogens with two attached hydrogens (primary N) is 1. The SMILES string of the molecule is CC1CCC(NC(=O)c2cc(N)cc(Cl)c2)CC1. The fourth-order valence-electron chi connectivity index (χ4n) is 2.42. The summed E-state index contributed by atoms with van der Waals surface area (Å²) in [6, 6.07) is 5.24. The van der Waals surface area contributed by atoms with E-state index >= 15 is 0 Å². The first kappa shape index (κ1) is 13.2. The maximum atomic E-state index is 12.1. The van der Waals surface area contributed by atoms with Crippen LogP contribution in [0.4, 0.5) is 5.69 Å². The number of hydrogen-bond acceptors (Lipinski definition) is 2. The van der Waals surface area contributed by atoms with Gasteiger partial charge in [-0.2, -0.15) is 0 Å². The van der Waals surface area contributed by atoms with E-state index in [0.29, 0.717) is 16.3 Å². The van der Waals surface area contributed by atoms with Gasteiger partial charge in [-0.15, -0.1) is 0 Å². The van der Waals surface area contributed by atoms with Gasteiger partial charge in [0.1, 0.15) is 0 Å². The number of rotatable bonds is 2. The Kier molecular flexibility index (Phi) is 4.12. The van der Waals surface area contributed by atoms with Crippen LogP contribution in [0.2, 0.25) is 5.02 Å². The van der Waals surface area contributed by atoms with Gasteiger partial charge < -0.3 is 11.1 Å². The normalized spacial score (nSPS) is 23.7. The molecular formula is C14H19ClN2O. The second kappa shape index (κ2) is 5.61. The molecule has 4 heteroatoms. The summed E-state index contributed by atoms with van der Waals surface area (Å²) in [6.45, 7) is 2.26. The van der Waals surface area contributed by atoms with Gasteiger partial charge in [0.05, 0.1) is 0 Å². The van der Waals surface area contributed by atoms with Crippen molar-refractivity contribution >= 4 is 23.2 Å². The zero-order valence-corrected chi connectivity index (χ0v) is 11.3. The average molecular weight is 267 g/mol. The van der Waals surface area contributed by atoms with Gasteiger partial charge in [-0.1, -0.05) is 18.5 Å². The number of benzene rings is 1. The Hall–Kier alpha value is -1.22. The molecule has 0 unspecified atom stereocenters. The van der Waals surface area contributed by atoms with Crippen LogP contribution in [0, 0.1) is 5.92 Å². The lowest BCUT2D eigenvalue weighted by atomic mass is 9.87. The van der Waals surface area contributed by atoms with Gasteiger partial charge in [0, 0.05) is 22.3 Å². The molecule has 1 aromatic carbocycles. The van der Waals surface area contributed by atoms with Crippen molar-refractivity contribution in [2.45, 2.75) is 38.6 Å². The molecule has 1 amide bonds. The first-order chi connectivity index (χ1) is 8.54. The van der Waals surface area contributed by atoms with E-state index in [1.54, 1.807) is 18.2 Å². The van der Waals surface area contributed by atoms with E-state index in [2.05, 4.69) is 12.2 Å². The van der Waals surface area contributed by atoms with Crippen LogP contribution in [0.1, 0.15) is 43.0 Å². The maximum absolute atomic E-state index is 12.1. The number of hydrogen-bond donors (Lipinski definition) is 2. The van der Waals surface area contributed by atoms with Gasteiger partial charge in [0.15, 0.2) is 0 Å². The molecule has 1 aliphatic rings. The molecule has 3 N–H and O–H groups in total. The Balaban J connectivity index is 1.99. The standard InChI is InChI=1S/C14H19ClN2O/c1-9-2-4-13(5-3-9)17-14(18)10-6-11(15)8-12(16)7-10/h6-9,13H,2-5,16H2,1H3,(H,17,18). The van der Waals surface area contributed by atoms with Crippen molar-refractivity contribution < 1.29 is 4.79 Å². The molecule has 0 bridgehead atoms. The number of anilines is 1. The Morgan fingerprint density at radius 3 is 2.56 bits per heavy atom. The fourth-order valence-corrected chi connectivity index (χ4v) is 2.66. The summed E-state index contributed by atoms with van der Waals surface area (Å²) in [5, 5.41) is 3.55. The van der Waals surface area contributed by atoms with Crippen LogP contribution < -0.4 is 11.1 Å². The van der Waals surface area contributed by atoms with Crippen LogP contribution in [0.15, 0.2) is 18.2 Å². The number of carbonyl (C=O) groups excluding carboxylic acids is 1. The third-order valence-electron chi connectivity index (χ3n) is 3.53. The van der Waals surface area contributed by atoms with Crippen LogP contribution in [0.25, 0.3) is 0 Å². The molecule has 1 fully saturated rings. The van der Waals surface area contributed by atoms with E-state index in [9.17, 15) is 4.79 Å². The van der Waals surface area contributed by atoms with Gasteiger partial charge in [0.25, 0.3) is 5.91 Å². The summed E-state index contributed by atoms with van der Waals surface area (Å²) in [5.74, 6) is 0.698. The minimum atomic E-state index is -0.0799. The predicted molar refractivity (Wildman–Crippen MR) is 74.8 cm³/mol. The van der Waals surface area contributed by atoms with Crippen molar-refractivity contribution in [3.63, 3.8) is 0 Å². The Bertz CT molecular complexity index is 419. The van der Waals surface area contributed by atoms with Gasteiger partial charge in [-0.25, -0.2) is 0 Å². The lowest BCUT2D eigenvalue weighted by molar-refractivity contribution is 0.0923. The van der Waals surface area contributed by atoms with Crippen molar-refractivity contribution in [3.8, 4) is 0 Å². The maximum Gasteiger partial charge on any atom is 0.251 e. The van der Waals surface area contributed by atoms with E-state index in [4.69, 9.17) is 17.3 Å². The topological polar surface area (TPSA) is 55.1 Å². The fraction of sp³-hybridized carbons (Fsp3) is 0.500. The third kappa shape index (κ3) is 3.39. The average Bonchev–Trinajstić information content (AvgIpc) is 2.31. The zero-order chi connectivity index (χ0) is 13.1. The van der Waals surface area contributed by atoms with Crippen LogP contribution in [0.5, 0.6) is 0 Å². The molecule has 0 heterocycles. The lowest BCUT2D eigenvalue weighted by Crippen LogP contribution is -2.37. The molecular weight excluding hydrogens is 248 g/mol. The number of nitrogen functional groups attached to an aromatic ring is 1. The molecule has 0 saturated heterocycles. The van der Waals surface area contributed by atoms with Crippen LogP contribution in [0.3, 0.4) is 0 Å². The quantitative estimate of drug-likeness (QED) is 0.808. The number of nitrogens with one attached hydrogen (secondary N) is 1. The number of amides is 1. The minimum Gasteiger partial charge on any atom is -0.399 e. The largest absolute Gasteiger partial charge is 0.399 e. The molecule has 98 valence electrons. The monoisotopic (exact) mass is 266 g/mol. The third-order valence-corrected chi connectivity index (χ3v) is 3.75. The molecule has 0 atom stereocenters. The highest BCUT2D eigenvalue weighted by Crippen LogP contribution is 2.24. The summed E-state index contributed by atoms with van der Waals surface area (Å²) >= 11 is 5.90. The smallest absolute Gasteiger partial charge is 0.251 e. The van der Waals surface area contributed by atoms with Gasteiger partial charge in [0.2, 0.25) is 0 Å². The summed E-state index contributed by atoms with van der Waals surface area (Å²) in [7, 11) is 0. The first-order valence-electron chi connectivity index (χ1n) is 6.41. The number of halogens is 1. The second-order valence-corrected chi connectivity index (χ2v) is 5.64. The molecule has 0 spiro atoms. The summed E-state index contributed by atoms with van der Waals surface area (Å²) < 4.78 is 0. The highest BCUT2D eigenvalue weighted by molar-refractivity contribution is 6.31. The summed E-state index contributed by atoms with van der Waals surface area (Å²) in [4.78, 5) is 12.1. The molecule has 0 aromatic heterocycles. The highest BCUT2D eigenvalue weighted by atomic mass is 35.5. The Morgan fingerprint density at radius 1 is 1.28 bits per heavy atom. The van der Waals surface area contributed by atoms with E-state index in [1.165, 1.54) is 12.8 Å². The van der Waals surface area contributed by atoms with Crippen LogP contribution >= 0.6 is 11.6 Å². The van der Waals surface area contributed by atoms with Crippen molar-refractivity contribution in [2.75, 3.05) is 5.73 Å². The van der Waals surface area contributed by atoms with E-state index < -0.39 is 0 Å². The predicted octanol–water partition coefficient (Wildman–Crippen LogP) is 3.23. The first-order valence-corrected chi connectivity index (χ1v) is 6.79. The van der Waals surface area contributed by atoms with Gasteiger partial charge in [-0.3, -0.25) is 4.79 Å². The molecule has 1 aliphatic carbocycles. The molecule has 1 aromatic rings. The van der Waals surface area contributed by atoms with Crippen molar-refractivity contribution in [3.05, 3.63) is 28.8 Å². The molecule has 0 aliphatic heterocycles. The Morgan fingerprint density at radius 2 is 1.94 bits per heavy atom. The molecule has 3 nitrogen and oxygen atoms in total. The molecule has 0 radical (unpaired) electrons. The van der Waals surface area contributed by atoms with E-state index in [0.717, 1.165) is 18.8 Å². The number of carbonyl (C=O) groups is 1. The van der Waals surface area contributed by atoms with Crippen LogP contribution in [-0.4, -0.2) is 11.9 Å². The zero-order valence-electron chi connectivity index (χ0n) is 10.6.